The molecule has 0 spiro atoms. The third-order valence-corrected chi connectivity index (χ3v) is 5.47. The summed E-state index contributed by atoms with van der Waals surface area (Å²) < 4.78 is 0. The molecule has 4 amide bonds. The van der Waals surface area contributed by atoms with E-state index in [-0.39, 0.29) is 32.1 Å². The van der Waals surface area contributed by atoms with Crippen LogP contribution in [0.15, 0.2) is 0 Å². The van der Waals surface area contributed by atoms with Crippen LogP contribution in [-0.4, -0.2) is 93.0 Å². The molecule has 0 bridgehead atoms. The van der Waals surface area contributed by atoms with Crippen molar-refractivity contribution in [1.29, 1.82) is 0 Å². The molecule has 0 saturated carbocycles. The van der Waals surface area contributed by atoms with E-state index in [1.807, 2.05) is 0 Å². The summed E-state index contributed by atoms with van der Waals surface area (Å²) in [6.45, 7) is 0. The van der Waals surface area contributed by atoms with Gasteiger partial charge in [0.15, 0.2) is 0 Å². The summed E-state index contributed by atoms with van der Waals surface area (Å²) in [6.07, 6.45) is -0.246. The van der Waals surface area contributed by atoms with Gasteiger partial charge < -0.3 is 42.7 Å². The minimum atomic E-state index is -1.51. The van der Waals surface area contributed by atoms with Crippen molar-refractivity contribution in [2.45, 2.75) is 69.1 Å². The molecule has 0 rings (SSSR count). The lowest BCUT2D eigenvalue weighted by molar-refractivity contribution is -0.143. The Morgan fingerprint density at radius 2 is 1.14 bits per heavy atom. The first-order valence-electron chi connectivity index (χ1n) is 10.9. The molecule has 0 saturated heterocycles. The Bertz CT molecular complexity index is 825. The van der Waals surface area contributed by atoms with Gasteiger partial charge in [-0.2, -0.15) is 11.8 Å². The van der Waals surface area contributed by atoms with E-state index >= 15 is 0 Å². The third-order valence-electron chi connectivity index (χ3n) is 4.82. The fourth-order valence-corrected chi connectivity index (χ4v) is 3.29. The van der Waals surface area contributed by atoms with Crippen LogP contribution in [0.2, 0.25) is 0 Å². The van der Waals surface area contributed by atoms with Gasteiger partial charge in [-0.1, -0.05) is 0 Å². The number of carboxylic acids is 3. The van der Waals surface area contributed by atoms with E-state index in [0.717, 1.165) is 0 Å². The van der Waals surface area contributed by atoms with Gasteiger partial charge in [0, 0.05) is 19.3 Å². The van der Waals surface area contributed by atoms with E-state index in [0.29, 0.717) is 5.75 Å². The zero-order chi connectivity index (χ0) is 27.8. The molecule has 0 aliphatic rings. The zero-order valence-corrected chi connectivity index (χ0v) is 20.5. The number of thioether (sulfide) groups is 1. The van der Waals surface area contributed by atoms with Gasteiger partial charge in [-0.05, 0) is 37.7 Å². The van der Waals surface area contributed by atoms with E-state index in [4.69, 9.17) is 21.7 Å². The third kappa shape index (κ3) is 14.1. The van der Waals surface area contributed by atoms with Crippen LogP contribution in [0.5, 0.6) is 0 Å². The van der Waals surface area contributed by atoms with Gasteiger partial charge in [-0.3, -0.25) is 28.8 Å². The molecule has 0 aromatic heterocycles. The first-order chi connectivity index (χ1) is 16.8. The average Bonchev–Trinajstić information content (AvgIpc) is 2.79. The van der Waals surface area contributed by atoms with Crippen LogP contribution in [0.25, 0.3) is 0 Å². The number of primary amides is 1. The number of amides is 4. The Labute approximate surface area is 211 Å². The lowest BCUT2D eigenvalue weighted by atomic mass is 10.1. The fourth-order valence-electron chi connectivity index (χ4n) is 2.82. The summed E-state index contributed by atoms with van der Waals surface area (Å²) in [7, 11) is 0. The lowest BCUT2D eigenvalue weighted by Crippen LogP contribution is -2.57. The maximum Gasteiger partial charge on any atom is 0.326 e. The molecular formula is C20H33N5O10S. The highest BCUT2D eigenvalue weighted by Gasteiger charge is 2.30. The van der Waals surface area contributed by atoms with Crippen molar-refractivity contribution >= 4 is 53.3 Å². The summed E-state index contributed by atoms with van der Waals surface area (Å²) in [5, 5.41) is 33.7. The summed E-state index contributed by atoms with van der Waals surface area (Å²) in [6, 6.07) is -5.37. The number of rotatable bonds is 19. The lowest BCUT2D eigenvalue weighted by Gasteiger charge is -2.25. The van der Waals surface area contributed by atoms with Gasteiger partial charge in [-0.25, -0.2) is 4.79 Å². The second kappa shape index (κ2) is 17.1. The van der Waals surface area contributed by atoms with E-state index in [9.17, 15) is 38.7 Å². The van der Waals surface area contributed by atoms with Crippen LogP contribution < -0.4 is 27.4 Å². The van der Waals surface area contributed by atoms with Crippen molar-refractivity contribution < 1.29 is 48.9 Å². The standard InChI is InChI=1S/C20H33N5O10S/c1-36-9-8-12(19(33)25-13(20(34)35)4-7-16(29)30)24-18(32)11(3-5-14(22)26)23-17(31)10(21)2-6-15(27)28/h10-13H,2-9,21H2,1H3,(H2,22,26)(H,23,31)(H,24,32)(H,25,33)(H,27,28)(H,29,30)(H,34,35). The second-order valence-electron chi connectivity index (χ2n) is 7.78. The normalized spacial score (nSPS) is 13.9. The maximum absolute atomic E-state index is 12.9. The van der Waals surface area contributed by atoms with Crippen molar-refractivity contribution in [2.75, 3.05) is 12.0 Å². The molecule has 15 nitrogen and oxygen atoms in total. The van der Waals surface area contributed by atoms with Gasteiger partial charge in [0.05, 0.1) is 6.04 Å². The fraction of sp³-hybridized carbons (Fsp3) is 0.650. The van der Waals surface area contributed by atoms with Crippen LogP contribution >= 0.6 is 11.8 Å². The number of nitrogens with one attached hydrogen (secondary N) is 3. The highest BCUT2D eigenvalue weighted by Crippen LogP contribution is 2.07. The summed E-state index contributed by atoms with van der Waals surface area (Å²) in [5.41, 5.74) is 10.8. The van der Waals surface area contributed by atoms with Gasteiger partial charge >= 0.3 is 17.9 Å². The summed E-state index contributed by atoms with van der Waals surface area (Å²) in [5.74, 6) is -6.89. The van der Waals surface area contributed by atoms with Crippen LogP contribution in [-0.2, 0) is 33.6 Å². The Balaban J connectivity index is 5.52. The first-order valence-corrected chi connectivity index (χ1v) is 12.3. The molecule has 0 heterocycles. The van der Waals surface area contributed by atoms with E-state index < -0.39 is 78.5 Å². The molecule has 204 valence electrons. The quantitative estimate of drug-likeness (QED) is 0.0860. The van der Waals surface area contributed by atoms with Crippen molar-refractivity contribution in [2.24, 2.45) is 11.5 Å². The molecule has 0 aliphatic carbocycles. The minimum absolute atomic E-state index is 0.0681. The largest absolute Gasteiger partial charge is 0.481 e. The first kappa shape index (κ1) is 32.6. The molecule has 0 fully saturated rings. The molecule has 10 N–H and O–H groups in total. The van der Waals surface area contributed by atoms with Gasteiger partial charge in [0.2, 0.25) is 23.6 Å². The Hall–Kier alpha value is -3.40. The van der Waals surface area contributed by atoms with E-state index in [1.165, 1.54) is 11.8 Å². The topological polar surface area (TPSA) is 268 Å². The molecule has 0 aromatic carbocycles. The molecule has 0 radical (unpaired) electrons. The van der Waals surface area contributed by atoms with Crippen LogP contribution in [0.1, 0.15) is 44.9 Å². The SMILES string of the molecule is CSCCC(NC(=O)C(CCC(N)=O)NC(=O)C(N)CCC(=O)O)C(=O)NC(CCC(=O)O)C(=O)O. The van der Waals surface area contributed by atoms with Gasteiger partial charge in [0.1, 0.15) is 18.1 Å². The minimum Gasteiger partial charge on any atom is -0.481 e. The maximum atomic E-state index is 12.9. The van der Waals surface area contributed by atoms with Crippen LogP contribution in [0.3, 0.4) is 0 Å². The van der Waals surface area contributed by atoms with Gasteiger partial charge in [0.25, 0.3) is 0 Å². The molecule has 4 atom stereocenters. The highest BCUT2D eigenvalue weighted by atomic mass is 32.2. The van der Waals surface area contributed by atoms with Gasteiger partial charge in [-0.15, -0.1) is 0 Å². The summed E-state index contributed by atoms with van der Waals surface area (Å²) in [4.78, 5) is 82.0. The predicted molar refractivity (Wildman–Crippen MR) is 127 cm³/mol. The number of hydrogen-bond donors (Lipinski definition) is 8. The van der Waals surface area contributed by atoms with E-state index in [2.05, 4.69) is 16.0 Å². The van der Waals surface area contributed by atoms with Crippen molar-refractivity contribution in [3.05, 3.63) is 0 Å². The molecular weight excluding hydrogens is 502 g/mol. The zero-order valence-electron chi connectivity index (χ0n) is 19.7. The number of aliphatic carboxylic acids is 3. The smallest absolute Gasteiger partial charge is 0.326 e. The Kier molecular flexibility index (Phi) is 15.5. The van der Waals surface area contributed by atoms with Crippen LogP contribution in [0, 0.1) is 0 Å². The van der Waals surface area contributed by atoms with E-state index in [1.54, 1.807) is 6.26 Å². The van der Waals surface area contributed by atoms with Crippen LogP contribution in [0.4, 0.5) is 0 Å². The Morgan fingerprint density at radius 1 is 0.694 bits per heavy atom. The molecule has 16 heteroatoms. The number of nitrogens with two attached hydrogens (primary N) is 2. The summed E-state index contributed by atoms with van der Waals surface area (Å²) >= 11 is 1.34. The number of hydrogen-bond acceptors (Lipinski definition) is 9. The molecule has 0 aliphatic heterocycles. The monoisotopic (exact) mass is 535 g/mol. The molecule has 4 unspecified atom stereocenters. The van der Waals surface area contributed by atoms with Crippen molar-refractivity contribution in [1.82, 2.24) is 16.0 Å². The van der Waals surface area contributed by atoms with Crippen molar-refractivity contribution in [3.8, 4) is 0 Å². The number of carbonyl (C=O) groups is 7. The molecule has 0 aromatic rings. The number of carboxylic acid groups (broad SMARTS) is 3. The molecule has 36 heavy (non-hydrogen) atoms. The Morgan fingerprint density at radius 3 is 1.61 bits per heavy atom. The second-order valence-corrected chi connectivity index (χ2v) is 8.77. The van der Waals surface area contributed by atoms with Crippen molar-refractivity contribution in [3.63, 3.8) is 0 Å². The number of carbonyl (C=O) groups excluding carboxylic acids is 4. The highest BCUT2D eigenvalue weighted by molar-refractivity contribution is 7.98. The predicted octanol–water partition coefficient (Wildman–Crippen LogP) is -2.40. The average molecular weight is 536 g/mol.